The Hall–Kier alpha value is -2.77. The van der Waals surface area contributed by atoms with Crippen molar-refractivity contribution in [1.82, 2.24) is 9.99 Å². The highest BCUT2D eigenvalue weighted by molar-refractivity contribution is 7.70. The highest BCUT2D eigenvalue weighted by Crippen LogP contribution is 2.44. The third-order valence-corrected chi connectivity index (χ3v) is 9.98. The van der Waals surface area contributed by atoms with Gasteiger partial charge in [-0.25, -0.2) is 0 Å². The number of hydrogen-bond acceptors (Lipinski definition) is 2. The van der Waals surface area contributed by atoms with Gasteiger partial charge in [0, 0.05) is 33.2 Å². The molecule has 0 radical (unpaired) electrons. The fourth-order valence-electron chi connectivity index (χ4n) is 5.70. The minimum absolute atomic E-state index is 0.469. The van der Waals surface area contributed by atoms with Gasteiger partial charge in [0.05, 0.1) is 0 Å². The lowest BCUT2D eigenvalue weighted by molar-refractivity contribution is 0.202. The number of aryl methyl sites for hydroxylation is 2. The maximum atomic E-state index is 4.02. The second-order valence-electron chi connectivity index (χ2n) is 10.4. The number of nitrogens with one attached hydrogen (secondary N) is 1. The third-order valence-electron chi connectivity index (χ3n) is 7.45. The van der Waals surface area contributed by atoms with Crippen LogP contribution < -0.4 is 15.9 Å². The van der Waals surface area contributed by atoms with Crippen molar-refractivity contribution in [1.29, 1.82) is 0 Å². The summed E-state index contributed by atoms with van der Waals surface area (Å²) in [5, 5.41) is 6.88. The Morgan fingerprint density at radius 2 is 1.24 bits per heavy atom. The standard InChI is InChI=1S/C34H39N2P/c1-27-13-11-15-29(23-27)25-35-33-21-9-10-22-34(33)36(26-30-16-12-14-28(2)24-30)37(31-17-5-3-6-18-31)32-19-7-4-8-20-32/h3-8,11-20,23-24,33-35H,9-10,21-22,25-26H2,1-2H3/t33-,34-/m1/s1. The zero-order valence-corrected chi connectivity index (χ0v) is 23.1. The topological polar surface area (TPSA) is 15.3 Å². The van der Waals surface area contributed by atoms with Crippen molar-refractivity contribution < 1.29 is 0 Å². The van der Waals surface area contributed by atoms with Gasteiger partial charge in [0.2, 0.25) is 0 Å². The normalized spacial score (nSPS) is 17.8. The van der Waals surface area contributed by atoms with Crippen molar-refractivity contribution in [3.8, 4) is 0 Å². The molecule has 2 nitrogen and oxygen atoms in total. The van der Waals surface area contributed by atoms with Crippen LogP contribution in [0.2, 0.25) is 0 Å². The number of hydrogen-bond donors (Lipinski definition) is 1. The van der Waals surface area contributed by atoms with Gasteiger partial charge in [-0.15, -0.1) is 0 Å². The fourth-order valence-corrected chi connectivity index (χ4v) is 8.37. The first-order valence-electron chi connectivity index (χ1n) is 13.7. The summed E-state index contributed by atoms with van der Waals surface area (Å²) >= 11 is 0. The van der Waals surface area contributed by atoms with Crippen molar-refractivity contribution in [3.63, 3.8) is 0 Å². The summed E-state index contributed by atoms with van der Waals surface area (Å²) in [7, 11) is -0.674. The van der Waals surface area contributed by atoms with Gasteiger partial charge in [-0.3, -0.25) is 4.67 Å². The van der Waals surface area contributed by atoms with Crippen LogP contribution in [0, 0.1) is 13.8 Å². The molecule has 0 spiro atoms. The molecule has 0 amide bonds. The monoisotopic (exact) mass is 506 g/mol. The maximum absolute atomic E-state index is 4.02. The van der Waals surface area contributed by atoms with E-state index >= 15 is 0 Å². The minimum Gasteiger partial charge on any atom is -0.308 e. The quantitative estimate of drug-likeness (QED) is 0.241. The lowest BCUT2D eigenvalue weighted by atomic mass is 9.89. The van der Waals surface area contributed by atoms with Gasteiger partial charge in [-0.1, -0.05) is 133 Å². The lowest BCUT2D eigenvalue weighted by Gasteiger charge is -2.44. The predicted molar refractivity (Wildman–Crippen MR) is 160 cm³/mol. The van der Waals surface area contributed by atoms with Gasteiger partial charge in [0.1, 0.15) is 0 Å². The Morgan fingerprint density at radius 1 is 0.676 bits per heavy atom. The van der Waals surface area contributed by atoms with E-state index in [4.69, 9.17) is 0 Å². The Morgan fingerprint density at radius 3 is 1.86 bits per heavy atom. The van der Waals surface area contributed by atoms with Gasteiger partial charge in [0.25, 0.3) is 0 Å². The SMILES string of the molecule is Cc1cccc(CN[C@@H]2CCCC[C@H]2N(Cc2cccc(C)c2)P(c2ccccc2)c2ccccc2)c1. The van der Waals surface area contributed by atoms with E-state index in [1.807, 2.05) is 0 Å². The maximum Gasteiger partial charge on any atom is 0.0297 e. The molecule has 1 N–H and O–H groups in total. The molecule has 1 aliphatic carbocycles. The molecule has 0 aliphatic heterocycles. The second-order valence-corrected chi connectivity index (χ2v) is 12.6. The van der Waals surface area contributed by atoms with Crippen molar-refractivity contribution >= 4 is 18.7 Å². The Kier molecular flexibility index (Phi) is 8.84. The molecule has 0 aromatic heterocycles. The van der Waals surface area contributed by atoms with Gasteiger partial charge >= 0.3 is 0 Å². The van der Waals surface area contributed by atoms with E-state index in [-0.39, 0.29) is 0 Å². The molecule has 0 heterocycles. The van der Waals surface area contributed by atoms with E-state index in [0.717, 1.165) is 13.1 Å². The molecule has 2 atom stereocenters. The van der Waals surface area contributed by atoms with Crippen LogP contribution in [0.5, 0.6) is 0 Å². The summed E-state index contributed by atoms with van der Waals surface area (Å²) in [5.74, 6) is 0. The van der Waals surface area contributed by atoms with Crippen LogP contribution in [-0.4, -0.2) is 16.8 Å². The molecular formula is C34H39N2P. The number of benzene rings is 4. The fraction of sp³-hybridized carbons (Fsp3) is 0.294. The first kappa shape index (κ1) is 25.9. The van der Waals surface area contributed by atoms with Crippen molar-refractivity contribution in [2.45, 2.75) is 64.7 Å². The van der Waals surface area contributed by atoms with Crippen LogP contribution in [0.15, 0.2) is 109 Å². The highest BCUT2D eigenvalue weighted by atomic mass is 31.1. The van der Waals surface area contributed by atoms with Crippen LogP contribution >= 0.6 is 8.07 Å². The van der Waals surface area contributed by atoms with Gasteiger partial charge in [-0.2, -0.15) is 0 Å². The number of nitrogens with zero attached hydrogens (tertiary/aromatic N) is 1. The highest BCUT2D eigenvalue weighted by Gasteiger charge is 2.35. The molecule has 4 aromatic rings. The Balaban J connectivity index is 1.52. The van der Waals surface area contributed by atoms with Crippen LogP contribution in [0.25, 0.3) is 0 Å². The van der Waals surface area contributed by atoms with Crippen molar-refractivity contribution in [2.24, 2.45) is 0 Å². The molecule has 0 unspecified atom stereocenters. The first-order chi connectivity index (χ1) is 18.2. The van der Waals surface area contributed by atoms with Crippen molar-refractivity contribution in [3.05, 3.63) is 131 Å². The molecular weight excluding hydrogens is 467 g/mol. The van der Waals surface area contributed by atoms with E-state index in [1.165, 1.54) is 58.5 Å². The molecule has 37 heavy (non-hydrogen) atoms. The summed E-state index contributed by atoms with van der Waals surface area (Å²) in [5.41, 5.74) is 5.45. The van der Waals surface area contributed by atoms with E-state index in [0.29, 0.717) is 12.1 Å². The lowest BCUT2D eigenvalue weighted by Crippen LogP contribution is -2.51. The van der Waals surface area contributed by atoms with E-state index in [1.54, 1.807) is 0 Å². The molecule has 1 aliphatic rings. The molecule has 3 heteroatoms. The molecule has 1 fully saturated rings. The second kappa shape index (κ2) is 12.7. The summed E-state index contributed by atoms with van der Waals surface area (Å²) in [6, 6.07) is 41.4. The van der Waals surface area contributed by atoms with E-state index < -0.39 is 8.07 Å². The summed E-state index contributed by atoms with van der Waals surface area (Å²) in [6.07, 6.45) is 5.06. The third kappa shape index (κ3) is 6.76. The molecule has 0 saturated heterocycles. The molecule has 1 saturated carbocycles. The molecule has 4 aromatic carbocycles. The Labute approximate surface area is 224 Å². The summed E-state index contributed by atoms with van der Waals surface area (Å²) < 4.78 is 2.86. The van der Waals surface area contributed by atoms with Gasteiger partial charge in [0.15, 0.2) is 0 Å². The van der Waals surface area contributed by atoms with Gasteiger partial charge < -0.3 is 5.32 Å². The zero-order valence-electron chi connectivity index (χ0n) is 22.2. The number of rotatable bonds is 9. The van der Waals surface area contributed by atoms with E-state index in [9.17, 15) is 0 Å². The molecule has 5 rings (SSSR count). The largest absolute Gasteiger partial charge is 0.308 e. The molecule has 190 valence electrons. The average Bonchev–Trinajstić information content (AvgIpc) is 2.93. The Bertz CT molecular complexity index is 1220. The van der Waals surface area contributed by atoms with Crippen LogP contribution in [0.1, 0.15) is 47.9 Å². The van der Waals surface area contributed by atoms with E-state index in [2.05, 4.69) is 133 Å². The smallest absolute Gasteiger partial charge is 0.0297 e. The average molecular weight is 507 g/mol. The molecule has 0 bridgehead atoms. The summed E-state index contributed by atoms with van der Waals surface area (Å²) in [4.78, 5) is 0. The minimum atomic E-state index is -0.674. The van der Waals surface area contributed by atoms with Gasteiger partial charge in [-0.05, 0) is 48.4 Å². The first-order valence-corrected chi connectivity index (χ1v) is 15.0. The van der Waals surface area contributed by atoms with Crippen LogP contribution in [-0.2, 0) is 13.1 Å². The predicted octanol–water partition coefficient (Wildman–Crippen LogP) is 7.25. The summed E-state index contributed by atoms with van der Waals surface area (Å²) in [6.45, 7) is 6.28. The van der Waals surface area contributed by atoms with Crippen LogP contribution in [0.4, 0.5) is 0 Å². The zero-order chi connectivity index (χ0) is 25.5. The van der Waals surface area contributed by atoms with Crippen molar-refractivity contribution in [2.75, 3.05) is 0 Å². The van der Waals surface area contributed by atoms with Crippen LogP contribution in [0.3, 0.4) is 0 Å².